The average molecular weight is 680 g/mol. The number of nitrogens with zero attached hydrogens (tertiary/aromatic N) is 5. The molecule has 12 heteroatoms. The first-order valence-electron chi connectivity index (χ1n) is 16.5. The zero-order valence-corrected chi connectivity index (χ0v) is 26.9. The number of aromatic nitrogens is 5. The SMILES string of the molecule is O=C(O)c1ccc2nc(Cc3cc(F)c(-c4cccc(OCc5ccc(-c6cnn(CC7CC7)c6)cc5F)n4)cc3F)n(C[C@@H]3CCO3)c2c1. The summed E-state index contributed by atoms with van der Waals surface area (Å²) in [7, 11) is 0. The molecule has 0 bridgehead atoms. The Hall–Kier alpha value is -5.49. The minimum Gasteiger partial charge on any atom is -0.478 e. The molecule has 1 saturated carbocycles. The fourth-order valence-corrected chi connectivity index (χ4v) is 6.18. The molecule has 0 radical (unpaired) electrons. The number of pyridine rings is 1. The molecule has 9 nitrogen and oxygen atoms in total. The summed E-state index contributed by atoms with van der Waals surface area (Å²) in [6.07, 6.45) is 6.82. The molecule has 1 saturated heterocycles. The van der Waals surface area contributed by atoms with E-state index >= 15 is 13.2 Å². The Morgan fingerprint density at radius 2 is 1.74 bits per heavy atom. The number of carbonyl (C=O) groups is 1. The van der Waals surface area contributed by atoms with Gasteiger partial charge < -0.3 is 19.1 Å². The van der Waals surface area contributed by atoms with Gasteiger partial charge in [-0.3, -0.25) is 4.68 Å². The van der Waals surface area contributed by atoms with Crippen LogP contribution in [0.25, 0.3) is 33.4 Å². The van der Waals surface area contributed by atoms with Crippen LogP contribution in [0.1, 0.15) is 46.6 Å². The molecule has 3 aromatic carbocycles. The predicted octanol–water partition coefficient (Wildman–Crippen LogP) is 7.45. The number of fused-ring (bicyclic) bond motifs is 1. The van der Waals surface area contributed by atoms with Crippen molar-refractivity contribution in [2.24, 2.45) is 5.92 Å². The van der Waals surface area contributed by atoms with Gasteiger partial charge >= 0.3 is 5.97 Å². The Morgan fingerprint density at radius 3 is 2.50 bits per heavy atom. The van der Waals surface area contributed by atoms with Crippen LogP contribution in [0.4, 0.5) is 13.2 Å². The van der Waals surface area contributed by atoms with E-state index < -0.39 is 23.4 Å². The molecule has 1 N–H and O–H groups in total. The van der Waals surface area contributed by atoms with Crippen LogP contribution in [-0.2, 0) is 30.9 Å². The normalized spacial score (nSPS) is 15.7. The summed E-state index contributed by atoms with van der Waals surface area (Å²) >= 11 is 0. The zero-order valence-electron chi connectivity index (χ0n) is 26.9. The zero-order chi connectivity index (χ0) is 34.4. The lowest BCUT2D eigenvalue weighted by Gasteiger charge is -2.27. The number of ether oxygens (including phenoxy) is 2. The Bertz CT molecular complexity index is 2240. The highest BCUT2D eigenvalue weighted by Crippen LogP contribution is 2.32. The molecule has 0 spiro atoms. The summed E-state index contributed by atoms with van der Waals surface area (Å²) in [5, 5.41) is 13.9. The highest BCUT2D eigenvalue weighted by Gasteiger charge is 2.24. The van der Waals surface area contributed by atoms with Crippen LogP contribution in [0, 0.1) is 23.4 Å². The summed E-state index contributed by atoms with van der Waals surface area (Å²) in [6.45, 7) is 1.81. The molecule has 3 aromatic heterocycles. The largest absolute Gasteiger partial charge is 0.478 e. The van der Waals surface area contributed by atoms with Crippen molar-refractivity contribution in [3.8, 4) is 28.3 Å². The molecule has 6 aromatic rings. The summed E-state index contributed by atoms with van der Waals surface area (Å²) in [6, 6.07) is 16.4. The fraction of sp³-hybridized carbons (Fsp3) is 0.263. The highest BCUT2D eigenvalue weighted by atomic mass is 19.1. The van der Waals surface area contributed by atoms with Crippen LogP contribution in [0.2, 0.25) is 0 Å². The summed E-state index contributed by atoms with van der Waals surface area (Å²) in [5.41, 5.74) is 3.28. The fourth-order valence-electron chi connectivity index (χ4n) is 6.18. The van der Waals surface area contributed by atoms with Gasteiger partial charge in [0.15, 0.2) is 0 Å². The van der Waals surface area contributed by atoms with Gasteiger partial charge in [0.1, 0.15) is 29.9 Å². The van der Waals surface area contributed by atoms with Crippen molar-refractivity contribution in [3.63, 3.8) is 0 Å². The molecule has 2 fully saturated rings. The lowest BCUT2D eigenvalue weighted by molar-refractivity contribution is -0.0589. The van der Waals surface area contributed by atoms with Gasteiger partial charge in [-0.15, -0.1) is 0 Å². The van der Waals surface area contributed by atoms with Crippen molar-refractivity contribution < 1.29 is 32.5 Å². The molecule has 0 amide bonds. The van der Waals surface area contributed by atoms with Crippen molar-refractivity contribution in [1.29, 1.82) is 0 Å². The highest BCUT2D eigenvalue weighted by molar-refractivity contribution is 5.92. The van der Waals surface area contributed by atoms with Crippen molar-refractivity contribution in [2.75, 3.05) is 6.61 Å². The Balaban J connectivity index is 0.987. The maximum atomic E-state index is 15.6. The van der Waals surface area contributed by atoms with Crippen LogP contribution >= 0.6 is 0 Å². The van der Waals surface area contributed by atoms with Crippen molar-refractivity contribution in [3.05, 3.63) is 119 Å². The number of halogens is 3. The summed E-state index contributed by atoms with van der Waals surface area (Å²) < 4.78 is 61.4. The monoisotopic (exact) mass is 679 g/mol. The molecule has 1 aliphatic carbocycles. The van der Waals surface area contributed by atoms with Gasteiger partial charge in [-0.05, 0) is 78.8 Å². The van der Waals surface area contributed by atoms with E-state index in [9.17, 15) is 9.90 Å². The molecular formula is C38H32F3N5O4. The van der Waals surface area contributed by atoms with Gasteiger partial charge in [-0.2, -0.15) is 5.10 Å². The first-order chi connectivity index (χ1) is 24.3. The lowest BCUT2D eigenvalue weighted by atomic mass is 10.0. The molecule has 50 heavy (non-hydrogen) atoms. The third kappa shape index (κ3) is 6.58. The van der Waals surface area contributed by atoms with Crippen molar-refractivity contribution >= 4 is 17.0 Å². The Labute approximate surface area is 284 Å². The number of aromatic carboxylic acids is 1. The molecule has 1 atom stereocenters. The van der Waals surface area contributed by atoms with Gasteiger partial charge in [0.05, 0.1) is 41.1 Å². The first-order valence-corrected chi connectivity index (χ1v) is 16.5. The van der Waals surface area contributed by atoms with Gasteiger partial charge in [-0.25, -0.2) is 27.9 Å². The Kier molecular flexibility index (Phi) is 8.31. The van der Waals surface area contributed by atoms with E-state index in [-0.39, 0.29) is 47.4 Å². The number of hydrogen-bond donors (Lipinski definition) is 1. The Morgan fingerprint density at radius 1 is 0.900 bits per heavy atom. The van der Waals surface area contributed by atoms with Gasteiger partial charge in [0, 0.05) is 48.5 Å². The van der Waals surface area contributed by atoms with E-state index in [1.165, 1.54) is 31.0 Å². The van der Waals surface area contributed by atoms with E-state index in [1.54, 1.807) is 36.5 Å². The maximum absolute atomic E-state index is 15.6. The minimum atomic E-state index is -1.07. The van der Waals surface area contributed by atoms with Crippen LogP contribution in [0.15, 0.2) is 79.1 Å². The number of hydrogen-bond acceptors (Lipinski definition) is 6. The average Bonchev–Trinajstić information content (AvgIpc) is 3.66. The molecule has 2 aliphatic rings. The van der Waals surface area contributed by atoms with Gasteiger partial charge in [-0.1, -0.05) is 18.2 Å². The number of benzene rings is 3. The van der Waals surface area contributed by atoms with Crippen LogP contribution in [0.5, 0.6) is 5.88 Å². The summed E-state index contributed by atoms with van der Waals surface area (Å²) in [5.74, 6) is -1.58. The van der Waals surface area contributed by atoms with Crippen LogP contribution in [-0.4, -0.2) is 48.1 Å². The molecule has 1 aliphatic heterocycles. The van der Waals surface area contributed by atoms with Gasteiger partial charge in [0.25, 0.3) is 0 Å². The molecule has 0 unspecified atom stereocenters. The molecular weight excluding hydrogens is 647 g/mol. The van der Waals surface area contributed by atoms with E-state index in [2.05, 4.69) is 15.1 Å². The second kappa shape index (κ2) is 13.1. The topological polar surface area (TPSA) is 104 Å². The van der Waals surface area contributed by atoms with Crippen LogP contribution in [0.3, 0.4) is 0 Å². The van der Waals surface area contributed by atoms with Crippen molar-refractivity contribution in [2.45, 2.75) is 51.5 Å². The number of carboxylic acids is 1. The standard InChI is InChI=1S/C38H32F3N5O4/c39-30-12-23(27-17-42-45(19-27)18-22-4-5-22)6-7-25(30)21-50-37-3-1-2-33(44-37)29-16-31(40)26(13-32(29)41)15-36-43-34-9-8-24(38(47)48)14-35(34)46(36)20-28-10-11-49-28/h1-3,6-9,12-14,16-17,19,22,28H,4-5,10-11,15,18,20-21H2,(H,47,48)/t28-/m0/s1. The third-order valence-corrected chi connectivity index (χ3v) is 9.28. The predicted molar refractivity (Wildman–Crippen MR) is 178 cm³/mol. The lowest BCUT2D eigenvalue weighted by Crippen LogP contribution is -2.31. The minimum absolute atomic E-state index is 0.0312. The van der Waals surface area contributed by atoms with Crippen LogP contribution < -0.4 is 4.74 Å². The van der Waals surface area contributed by atoms with E-state index in [0.717, 1.165) is 30.7 Å². The smallest absolute Gasteiger partial charge is 0.335 e. The number of imidazole rings is 1. The van der Waals surface area contributed by atoms with E-state index in [4.69, 9.17) is 9.47 Å². The molecule has 4 heterocycles. The molecule has 8 rings (SSSR count). The second-order valence-corrected chi connectivity index (χ2v) is 12.9. The van der Waals surface area contributed by atoms with E-state index in [1.807, 2.05) is 21.5 Å². The summed E-state index contributed by atoms with van der Waals surface area (Å²) in [4.78, 5) is 20.6. The maximum Gasteiger partial charge on any atom is 0.335 e. The number of rotatable bonds is 12. The van der Waals surface area contributed by atoms with E-state index in [0.29, 0.717) is 47.1 Å². The third-order valence-electron chi connectivity index (χ3n) is 9.28. The van der Waals surface area contributed by atoms with Gasteiger partial charge in [0.2, 0.25) is 5.88 Å². The quantitative estimate of drug-likeness (QED) is 0.143. The first kappa shape index (κ1) is 31.8. The van der Waals surface area contributed by atoms with Crippen molar-refractivity contribution in [1.82, 2.24) is 24.3 Å². The second-order valence-electron chi connectivity index (χ2n) is 12.9. The number of carboxylic acid groups (broad SMARTS) is 1. The molecule has 254 valence electrons.